The number of fused-ring (bicyclic) bond motifs is 1. The van der Waals surface area contributed by atoms with E-state index < -0.39 is 21.5 Å². The van der Waals surface area contributed by atoms with Crippen LogP contribution < -0.4 is 10.2 Å². The minimum absolute atomic E-state index is 0.309. The molecule has 2 heterocycles. The smallest absolute Gasteiger partial charge is 0.250 e. The zero-order chi connectivity index (χ0) is 19.6. The molecule has 144 valence electrons. The number of rotatable bonds is 5. The van der Waals surface area contributed by atoms with E-state index in [1.54, 1.807) is 30.3 Å². The summed E-state index contributed by atoms with van der Waals surface area (Å²) in [4.78, 5) is 22.9. The van der Waals surface area contributed by atoms with Crippen molar-refractivity contribution in [2.24, 2.45) is 0 Å². The molecule has 1 amide bonds. The number of nitrogens with one attached hydrogen (secondary N) is 1. The third-order valence-electron chi connectivity index (χ3n) is 4.63. The normalized spacial score (nSPS) is 14.4. The largest absolute Gasteiger partial charge is 0.356 e. The predicted octanol–water partition coefficient (Wildman–Crippen LogP) is 2.64. The van der Waals surface area contributed by atoms with Crippen molar-refractivity contribution in [2.45, 2.75) is 18.0 Å². The Bertz CT molecular complexity index is 1110. The molecule has 8 heteroatoms. The topological polar surface area (TPSA) is 92.3 Å². The molecule has 1 aromatic heterocycles. The summed E-state index contributed by atoms with van der Waals surface area (Å²) in [5.74, 6) is -0.713. The molecule has 0 bridgehead atoms. The van der Waals surface area contributed by atoms with Crippen LogP contribution in [0.4, 0.5) is 11.5 Å². The Hall–Kier alpha value is -3.00. The Morgan fingerprint density at radius 3 is 2.39 bits per heavy atom. The summed E-state index contributed by atoms with van der Waals surface area (Å²) in [6, 6.07) is 16.1. The highest BCUT2D eigenvalue weighted by Crippen LogP contribution is 2.28. The average molecular weight is 396 g/mol. The molecule has 1 N–H and O–H groups in total. The summed E-state index contributed by atoms with van der Waals surface area (Å²) in [6.45, 7) is 1.66. The number of hydrogen-bond donors (Lipinski definition) is 1. The molecule has 1 fully saturated rings. The molecule has 2 aromatic carbocycles. The standard InChI is InChI=1S/C20H20N4O3S/c25-18(21-15-8-2-1-3-9-15)14-28(26,27)20-22-17-11-5-4-10-16(17)19(23-20)24-12-6-7-13-24/h1-5,8-11H,6-7,12-14H2,(H,21,25). The van der Waals surface area contributed by atoms with Crippen molar-refractivity contribution in [3.8, 4) is 0 Å². The molecule has 0 unspecified atom stereocenters. The van der Waals surface area contributed by atoms with Crippen LogP contribution in [0.2, 0.25) is 0 Å². The number of anilines is 2. The van der Waals surface area contributed by atoms with Crippen molar-refractivity contribution in [1.29, 1.82) is 0 Å². The molecule has 1 aliphatic heterocycles. The second-order valence-corrected chi connectivity index (χ2v) is 8.60. The lowest BCUT2D eigenvalue weighted by Gasteiger charge is -2.19. The summed E-state index contributed by atoms with van der Waals surface area (Å²) in [5.41, 5.74) is 1.10. The van der Waals surface area contributed by atoms with Crippen molar-refractivity contribution in [3.05, 3.63) is 54.6 Å². The molecule has 7 nitrogen and oxygen atoms in total. The van der Waals surface area contributed by atoms with Gasteiger partial charge in [-0.3, -0.25) is 4.79 Å². The van der Waals surface area contributed by atoms with E-state index in [1.165, 1.54) is 0 Å². The molecule has 3 aromatic rings. The van der Waals surface area contributed by atoms with Gasteiger partial charge in [-0.1, -0.05) is 30.3 Å². The molecule has 1 saturated heterocycles. The van der Waals surface area contributed by atoms with Gasteiger partial charge in [0.25, 0.3) is 0 Å². The first-order valence-corrected chi connectivity index (χ1v) is 10.8. The van der Waals surface area contributed by atoms with Gasteiger partial charge in [-0.25, -0.2) is 18.4 Å². The maximum atomic E-state index is 12.8. The summed E-state index contributed by atoms with van der Waals surface area (Å²) >= 11 is 0. The number of carbonyl (C=O) groups is 1. The minimum atomic E-state index is -3.98. The average Bonchev–Trinajstić information content (AvgIpc) is 3.22. The zero-order valence-corrected chi connectivity index (χ0v) is 16.0. The van der Waals surface area contributed by atoms with Crippen molar-refractivity contribution < 1.29 is 13.2 Å². The third-order valence-corrected chi connectivity index (χ3v) is 6.01. The number of sulfone groups is 1. The Labute approximate surface area is 163 Å². The Kier molecular flexibility index (Phi) is 4.95. The van der Waals surface area contributed by atoms with Crippen LogP contribution in [0.25, 0.3) is 10.9 Å². The summed E-state index contributed by atoms with van der Waals surface area (Å²) in [7, 11) is -3.98. The van der Waals surface area contributed by atoms with Gasteiger partial charge >= 0.3 is 0 Å². The molecular formula is C20H20N4O3S. The number of benzene rings is 2. The molecule has 0 saturated carbocycles. The fourth-order valence-corrected chi connectivity index (χ4v) is 4.31. The third kappa shape index (κ3) is 3.82. The number of hydrogen-bond acceptors (Lipinski definition) is 6. The van der Waals surface area contributed by atoms with Gasteiger partial charge in [-0.2, -0.15) is 0 Å². The van der Waals surface area contributed by atoms with Gasteiger partial charge in [-0.15, -0.1) is 0 Å². The molecule has 1 aliphatic rings. The Morgan fingerprint density at radius 1 is 0.964 bits per heavy atom. The van der Waals surface area contributed by atoms with Crippen molar-refractivity contribution in [1.82, 2.24) is 9.97 Å². The van der Waals surface area contributed by atoms with Gasteiger partial charge in [0.15, 0.2) is 0 Å². The Balaban J connectivity index is 1.66. The lowest BCUT2D eigenvalue weighted by atomic mass is 10.2. The van der Waals surface area contributed by atoms with Crippen molar-refractivity contribution >= 4 is 38.2 Å². The zero-order valence-electron chi connectivity index (χ0n) is 15.2. The maximum Gasteiger partial charge on any atom is 0.250 e. The minimum Gasteiger partial charge on any atom is -0.356 e. The second kappa shape index (κ2) is 7.55. The van der Waals surface area contributed by atoms with Gasteiger partial charge < -0.3 is 10.2 Å². The molecule has 28 heavy (non-hydrogen) atoms. The molecule has 0 atom stereocenters. The van der Waals surface area contributed by atoms with E-state index >= 15 is 0 Å². The first-order chi connectivity index (χ1) is 13.5. The highest BCUT2D eigenvalue weighted by atomic mass is 32.2. The number of carbonyl (C=O) groups excluding carboxylic acids is 1. The molecule has 0 radical (unpaired) electrons. The lowest BCUT2D eigenvalue weighted by molar-refractivity contribution is -0.113. The molecule has 0 spiro atoms. The van der Waals surface area contributed by atoms with Crippen molar-refractivity contribution in [2.75, 3.05) is 29.1 Å². The van der Waals surface area contributed by atoms with E-state index in [9.17, 15) is 13.2 Å². The maximum absolute atomic E-state index is 12.8. The number of aromatic nitrogens is 2. The highest BCUT2D eigenvalue weighted by Gasteiger charge is 2.26. The lowest BCUT2D eigenvalue weighted by Crippen LogP contribution is -2.26. The molecule has 0 aliphatic carbocycles. The SMILES string of the molecule is O=C(CS(=O)(=O)c1nc(N2CCCC2)c2ccccc2n1)Nc1ccccc1. The fourth-order valence-electron chi connectivity index (χ4n) is 3.30. The van der Waals surface area contributed by atoms with E-state index in [1.807, 2.05) is 24.3 Å². The predicted molar refractivity (Wildman–Crippen MR) is 108 cm³/mol. The molecule has 4 rings (SSSR count). The van der Waals surface area contributed by atoms with Crippen LogP contribution in [0.3, 0.4) is 0 Å². The van der Waals surface area contributed by atoms with Crippen LogP contribution in [0.5, 0.6) is 0 Å². The van der Waals surface area contributed by atoms with Gasteiger partial charge in [0.1, 0.15) is 11.6 Å². The van der Waals surface area contributed by atoms with Gasteiger partial charge in [0.05, 0.1) is 5.52 Å². The van der Waals surface area contributed by atoms with Crippen LogP contribution in [0.15, 0.2) is 59.8 Å². The van der Waals surface area contributed by atoms with E-state index in [4.69, 9.17) is 0 Å². The second-order valence-electron chi connectivity index (χ2n) is 6.71. The van der Waals surface area contributed by atoms with Gasteiger partial charge in [0.2, 0.25) is 20.9 Å². The van der Waals surface area contributed by atoms with Gasteiger partial charge in [-0.05, 0) is 37.1 Å². The molecular weight excluding hydrogens is 376 g/mol. The van der Waals surface area contributed by atoms with Crippen LogP contribution >= 0.6 is 0 Å². The van der Waals surface area contributed by atoms with Crippen LogP contribution in [-0.2, 0) is 14.6 Å². The number of amides is 1. The van der Waals surface area contributed by atoms with Crippen LogP contribution in [-0.4, -0.2) is 43.1 Å². The summed E-state index contributed by atoms with van der Waals surface area (Å²) < 4.78 is 25.7. The first kappa shape index (κ1) is 18.4. The Morgan fingerprint density at radius 2 is 1.64 bits per heavy atom. The van der Waals surface area contributed by atoms with E-state index in [0.29, 0.717) is 17.0 Å². The van der Waals surface area contributed by atoms with E-state index in [2.05, 4.69) is 20.2 Å². The monoisotopic (exact) mass is 396 g/mol. The van der Waals surface area contributed by atoms with Gasteiger partial charge in [0, 0.05) is 24.2 Å². The first-order valence-electron chi connectivity index (χ1n) is 9.12. The summed E-state index contributed by atoms with van der Waals surface area (Å²) in [6.07, 6.45) is 2.08. The van der Waals surface area contributed by atoms with E-state index in [-0.39, 0.29) is 5.16 Å². The number of para-hydroxylation sites is 2. The van der Waals surface area contributed by atoms with Crippen molar-refractivity contribution in [3.63, 3.8) is 0 Å². The number of nitrogens with zero attached hydrogens (tertiary/aromatic N) is 3. The van der Waals surface area contributed by atoms with Crippen LogP contribution in [0, 0.1) is 0 Å². The quantitative estimate of drug-likeness (QED) is 0.667. The summed E-state index contributed by atoms with van der Waals surface area (Å²) in [5, 5.41) is 3.10. The fraction of sp³-hybridized carbons (Fsp3) is 0.250. The van der Waals surface area contributed by atoms with Crippen LogP contribution in [0.1, 0.15) is 12.8 Å². The highest BCUT2D eigenvalue weighted by molar-refractivity contribution is 7.92. The van der Waals surface area contributed by atoms with E-state index in [0.717, 1.165) is 31.3 Å².